The zero-order chi connectivity index (χ0) is 19.7. The highest BCUT2D eigenvalue weighted by atomic mass is 32.2. The van der Waals surface area contributed by atoms with E-state index in [9.17, 15) is 21.6 Å². The van der Waals surface area contributed by atoms with Crippen molar-refractivity contribution in [2.45, 2.75) is 22.8 Å². The van der Waals surface area contributed by atoms with Gasteiger partial charge >= 0.3 is 0 Å². The minimum Gasteiger partial charge on any atom is -0.302 e. The first-order valence-electron chi connectivity index (χ1n) is 8.20. The van der Waals surface area contributed by atoms with Crippen molar-refractivity contribution in [3.8, 4) is 0 Å². The van der Waals surface area contributed by atoms with Crippen molar-refractivity contribution >= 4 is 42.2 Å². The summed E-state index contributed by atoms with van der Waals surface area (Å²) in [6.07, 6.45) is 1.36. The van der Waals surface area contributed by atoms with E-state index in [0.717, 1.165) is 11.3 Å². The minimum absolute atomic E-state index is 0.0261. The van der Waals surface area contributed by atoms with Crippen LogP contribution in [0.4, 0.5) is 5.13 Å². The lowest BCUT2D eigenvalue weighted by Gasteiger charge is -2.18. The third kappa shape index (κ3) is 4.37. The molecule has 0 radical (unpaired) electrons. The maximum Gasteiger partial charge on any atom is 0.254 e. The quantitative estimate of drug-likeness (QED) is 0.791. The lowest BCUT2D eigenvalue weighted by Crippen LogP contribution is -2.33. The van der Waals surface area contributed by atoms with Crippen molar-refractivity contribution in [3.05, 3.63) is 42.1 Å². The van der Waals surface area contributed by atoms with E-state index in [-0.39, 0.29) is 40.5 Å². The van der Waals surface area contributed by atoms with Crippen molar-refractivity contribution in [3.63, 3.8) is 0 Å². The van der Waals surface area contributed by atoms with Crippen molar-refractivity contribution in [2.24, 2.45) is 0 Å². The molecule has 1 fully saturated rings. The number of nitrogens with zero attached hydrogens (tertiary/aromatic N) is 2. The van der Waals surface area contributed by atoms with E-state index in [1.54, 1.807) is 30.3 Å². The summed E-state index contributed by atoms with van der Waals surface area (Å²) < 4.78 is 52.2. The third-order valence-corrected chi connectivity index (χ3v) is 9.61. The maximum absolute atomic E-state index is 12.9. The normalized spacial score (nSPS) is 20.7. The number of carbonyl (C=O) groups is 1. The number of hydrogen-bond acceptors (Lipinski definition) is 7. The second-order valence-electron chi connectivity index (χ2n) is 6.12. The van der Waals surface area contributed by atoms with Gasteiger partial charge in [-0.1, -0.05) is 41.7 Å². The second kappa shape index (κ2) is 7.66. The number of thiazole rings is 1. The first-order valence-corrected chi connectivity index (χ1v) is 12.2. The Morgan fingerprint density at radius 1 is 1.26 bits per heavy atom. The smallest absolute Gasteiger partial charge is 0.254 e. The lowest BCUT2D eigenvalue weighted by molar-refractivity contribution is -0.114. The molecule has 1 amide bonds. The molecule has 146 valence electrons. The highest BCUT2D eigenvalue weighted by Gasteiger charge is 2.36. The van der Waals surface area contributed by atoms with Gasteiger partial charge in [0.1, 0.15) is 0 Å². The Morgan fingerprint density at radius 2 is 1.96 bits per heavy atom. The molecule has 0 bridgehead atoms. The molecule has 11 heteroatoms. The van der Waals surface area contributed by atoms with Gasteiger partial charge in [0.25, 0.3) is 10.0 Å². The first-order chi connectivity index (χ1) is 12.7. The largest absolute Gasteiger partial charge is 0.302 e. The molecule has 1 aromatic carbocycles. The average molecular weight is 430 g/mol. The molecule has 1 N–H and O–H groups in total. The number of aromatic nitrogens is 1. The molecular formula is C16H19N3O5S3. The van der Waals surface area contributed by atoms with Crippen LogP contribution in [-0.2, 0) is 24.7 Å². The molecule has 8 nitrogen and oxygen atoms in total. The molecule has 0 aliphatic carbocycles. The highest BCUT2D eigenvalue weighted by molar-refractivity contribution is 7.92. The van der Waals surface area contributed by atoms with E-state index < -0.39 is 25.1 Å². The van der Waals surface area contributed by atoms with Gasteiger partial charge < -0.3 is 5.32 Å². The molecule has 0 unspecified atom stereocenters. The molecule has 1 aliphatic heterocycles. The molecule has 27 heavy (non-hydrogen) atoms. The summed E-state index contributed by atoms with van der Waals surface area (Å²) in [4.78, 5) is 15.0. The van der Waals surface area contributed by atoms with Crippen molar-refractivity contribution in [1.82, 2.24) is 9.29 Å². The summed E-state index contributed by atoms with van der Waals surface area (Å²) in [6.45, 7) is 1.29. The molecule has 1 aromatic heterocycles. The van der Waals surface area contributed by atoms with E-state index in [1.807, 2.05) is 0 Å². The predicted molar refractivity (Wildman–Crippen MR) is 103 cm³/mol. The van der Waals surface area contributed by atoms with Crippen LogP contribution in [0.3, 0.4) is 0 Å². The van der Waals surface area contributed by atoms with Crippen LogP contribution in [-0.4, -0.2) is 50.9 Å². The standard InChI is InChI=1S/C16H19N3O5S3/c1-12(20)18-16-17-11-15(25-16)27(23,24)19-8-7-14(26(21,22)10-9-19)13-5-3-2-4-6-13/h2-6,11,14H,7-10H2,1H3,(H,17,18,20)/t14-/m0/s1. The number of hydrogen-bond donors (Lipinski definition) is 1. The summed E-state index contributed by atoms with van der Waals surface area (Å²) >= 11 is 0.844. The van der Waals surface area contributed by atoms with E-state index in [1.165, 1.54) is 17.4 Å². The van der Waals surface area contributed by atoms with Crippen molar-refractivity contribution in [1.29, 1.82) is 0 Å². The molecule has 2 aromatic rings. The predicted octanol–water partition coefficient (Wildman–Crippen LogP) is 1.65. The van der Waals surface area contributed by atoms with Gasteiger partial charge in [0.2, 0.25) is 5.91 Å². The van der Waals surface area contributed by atoms with Crippen LogP contribution in [0.5, 0.6) is 0 Å². The van der Waals surface area contributed by atoms with Gasteiger partial charge in [0.15, 0.2) is 19.2 Å². The summed E-state index contributed by atoms with van der Waals surface area (Å²) in [5.74, 6) is -0.594. The van der Waals surface area contributed by atoms with Crippen LogP contribution in [0, 0.1) is 0 Å². The van der Waals surface area contributed by atoms with Gasteiger partial charge in [-0.05, 0) is 12.0 Å². The maximum atomic E-state index is 12.9. The Kier molecular flexibility index (Phi) is 5.65. The monoisotopic (exact) mass is 429 g/mol. The highest BCUT2D eigenvalue weighted by Crippen LogP contribution is 2.32. The minimum atomic E-state index is -3.88. The fraction of sp³-hybridized carbons (Fsp3) is 0.375. The Morgan fingerprint density at radius 3 is 2.63 bits per heavy atom. The number of sulfonamides is 1. The SMILES string of the molecule is CC(=O)Nc1ncc(S(=O)(=O)N2CC[C@@H](c3ccccc3)S(=O)(=O)CC2)s1. The van der Waals surface area contributed by atoms with Crippen LogP contribution >= 0.6 is 11.3 Å². The number of sulfone groups is 1. The van der Waals surface area contributed by atoms with Crippen LogP contribution < -0.4 is 5.32 Å². The van der Waals surface area contributed by atoms with Crippen LogP contribution in [0.15, 0.2) is 40.7 Å². The summed E-state index contributed by atoms with van der Waals surface area (Å²) in [7, 11) is -7.36. The number of amides is 1. The zero-order valence-electron chi connectivity index (χ0n) is 14.5. The van der Waals surface area contributed by atoms with Gasteiger partial charge in [-0.2, -0.15) is 4.31 Å². The van der Waals surface area contributed by atoms with Gasteiger partial charge in [-0.3, -0.25) is 4.79 Å². The average Bonchev–Trinajstić information content (AvgIpc) is 3.00. The molecule has 3 rings (SSSR count). The topological polar surface area (TPSA) is 114 Å². The number of anilines is 1. The van der Waals surface area contributed by atoms with E-state index >= 15 is 0 Å². The Hall–Kier alpha value is -1.82. The molecular weight excluding hydrogens is 410 g/mol. The second-order valence-corrected chi connectivity index (χ2v) is 11.6. The van der Waals surface area contributed by atoms with Gasteiger partial charge in [-0.25, -0.2) is 21.8 Å². The van der Waals surface area contributed by atoms with E-state index in [2.05, 4.69) is 10.3 Å². The van der Waals surface area contributed by atoms with Crippen molar-refractivity contribution < 1.29 is 21.6 Å². The molecule has 1 atom stereocenters. The summed E-state index contributed by atoms with van der Waals surface area (Å²) in [5.41, 5.74) is 0.669. The fourth-order valence-corrected chi connectivity index (χ4v) is 7.52. The van der Waals surface area contributed by atoms with Crippen molar-refractivity contribution in [2.75, 3.05) is 24.2 Å². The van der Waals surface area contributed by atoms with Crippen LogP contribution in [0.25, 0.3) is 0 Å². The number of nitrogens with one attached hydrogen (secondary N) is 1. The molecule has 0 spiro atoms. The number of rotatable bonds is 4. The molecule has 0 saturated carbocycles. The third-order valence-electron chi connectivity index (χ3n) is 4.23. The number of carbonyl (C=O) groups excluding carboxylic acids is 1. The zero-order valence-corrected chi connectivity index (χ0v) is 17.0. The van der Waals surface area contributed by atoms with Crippen LogP contribution in [0.2, 0.25) is 0 Å². The Balaban J connectivity index is 1.84. The molecule has 1 saturated heterocycles. The summed E-state index contributed by atoms with van der Waals surface area (Å²) in [5, 5.41) is 1.90. The Bertz CT molecular complexity index is 1030. The van der Waals surface area contributed by atoms with Gasteiger partial charge in [-0.15, -0.1) is 0 Å². The van der Waals surface area contributed by atoms with Gasteiger partial charge in [0, 0.05) is 20.0 Å². The Labute approximate surface area is 162 Å². The first kappa shape index (κ1) is 19.9. The number of benzene rings is 1. The van der Waals surface area contributed by atoms with Gasteiger partial charge in [0.05, 0.1) is 17.2 Å². The van der Waals surface area contributed by atoms with Crippen LogP contribution in [0.1, 0.15) is 24.2 Å². The molecule has 1 aliphatic rings. The van der Waals surface area contributed by atoms with E-state index in [0.29, 0.717) is 5.56 Å². The lowest BCUT2D eigenvalue weighted by atomic mass is 10.1. The van der Waals surface area contributed by atoms with E-state index in [4.69, 9.17) is 0 Å². The molecule has 2 heterocycles. The fourth-order valence-electron chi connectivity index (χ4n) is 2.92. The summed E-state index contributed by atoms with van der Waals surface area (Å²) in [6, 6.07) is 8.83.